The molecule has 1 unspecified atom stereocenters. The first kappa shape index (κ1) is 10.1. The summed E-state index contributed by atoms with van der Waals surface area (Å²) in [5.41, 5.74) is 0. The summed E-state index contributed by atoms with van der Waals surface area (Å²) >= 11 is 1.61. The van der Waals surface area contributed by atoms with Crippen molar-refractivity contribution in [3.05, 3.63) is 54.6 Å². The average Bonchev–Trinajstić information content (AvgIpc) is 2.32. The summed E-state index contributed by atoms with van der Waals surface area (Å²) < 4.78 is -0.421. The molecule has 1 atom stereocenters. The van der Waals surface area contributed by atoms with Crippen molar-refractivity contribution < 1.29 is 0 Å². The van der Waals surface area contributed by atoms with E-state index in [0.717, 1.165) is 11.3 Å². The molecule has 0 saturated heterocycles. The van der Waals surface area contributed by atoms with Crippen LogP contribution >= 0.6 is 11.8 Å². The van der Waals surface area contributed by atoms with Crippen LogP contribution < -0.4 is 0 Å². The topological polar surface area (TPSA) is 23.8 Å². The lowest BCUT2D eigenvalue weighted by Crippen LogP contribution is -2.19. The zero-order valence-corrected chi connectivity index (χ0v) is 9.08. The first-order chi connectivity index (χ1) is 7.35. The third-order valence-electron chi connectivity index (χ3n) is 2.27. The van der Waals surface area contributed by atoms with Crippen molar-refractivity contribution in [2.45, 2.75) is 16.1 Å². The minimum Gasteiger partial charge on any atom is -0.196 e. The Kier molecular flexibility index (Phi) is 2.94. The molecule has 1 aromatic carbocycles. The fraction of sp³-hybridized carbons (Fsp3) is 0.154. The molecule has 0 N–H and O–H groups in total. The Hall–Kier alpha value is -1.46. The van der Waals surface area contributed by atoms with Crippen molar-refractivity contribution in [1.82, 2.24) is 0 Å². The van der Waals surface area contributed by atoms with E-state index < -0.39 is 4.75 Å². The molecule has 0 aliphatic heterocycles. The van der Waals surface area contributed by atoms with Gasteiger partial charge in [0.05, 0.1) is 6.07 Å². The van der Waals surface area contributed by atoms with Gasteiger partial charge in [-0.3, -0.25) is 0 Å². The first-order valence-corrected chi connectivity index (χ1v) is 5.66. The molecule has 1 aromatic rings. The number of hydrogen-bond acceptors (Lipinski definition) is 2. The van der Waals surface area contributed by atoms with E-state index in [1.165, 1.54) is 0 Å². The van der Waals surface area contributed by atoms with Crippen LogP contribution in [0.25, 0.3) is 0 Å². The summed E-state index contributed by atoms with van der Waals surface area (Å²) in [4.78, 5) is 1.14. The number of allylic oxidation sites excluding steroid dienone is 3. The van der Waals surface area contributed by atoms with Crippen molar-refractivity contribution in [2.24, 2.45) is 0 Å². The van der Waals surface area contributed by atoms with Gasteiger partial charge in [0.1, 0.15) is 4.75 Å². The number of nitrogens with zero attached hydrogens (tertiary/aromatic N) is 1. The second kappa shape index (κ2) is 4.37. The van der Waals surface area contributed by atoms with Gasteiger partial charge in [-0.2, -0.15) is 5.26 Å². The fourth-order valence-corrected chi connectivity index (χ4v) is 2.57. The highest BCUT2D eigenvalue weighted by Crippen LogP contribution is 2.38. The van der Waals surface area contributed by atoms with E-state index in [0.29, 0.717) is 0 Å². The maximum Gasteiger partial charge on any atom is 0.129 e. The summed E-state index contributed by atoms with van der Waals surface area (Å²) in [7, 11) is 0. The van der Waals surface area contributed by atoms with Gasteiger partial charge in [0.2, 0.25) is 0 Å². The molecule has 0 heterocycles. The third kappa shape index (κ3) is 2.31. The molecule has 1 nitrogen and oxygen atoms in total. The lowest BCUT2D eigenvalue weighted by atomic mass is 10.0. The summed E-state index contributed by atoms with van der Waals surface area (Å²) in [5, 5.41) is 9.25. The average molecular weight is 213 g/mol. The van der Waals surface area contributed by atoms with Crippen LogP contribution in [0.2, 0.25) is 0 Å². The standard InChI is InChI=1S/C13H11NS/c14-11-13(9-5-2-6-10-13)15-12-7-3-1-4-8-12/h1-9H,10H2. The second-order valence-electron chi connectivity index (χ2n) is 3.41. The molecule has 1 aliphatic carbocycles. The number of thioether (sulfide) groups is 1. The van der Waals surface area contributed by atoms with Crippen LogP contribution in [0.15, 0.2) is 59.5 Å². The van der Waals surface area contributed by atoms with E-state index >= 15 is 0 Å². The number of hydrogen-bond donors (Lipinski definition) is 0. The van der Waals surface area contributed by atoms with Gasteiger partial charge in [-0.1, -0.05) is 54.3 Å². The Morgan fingerprint density at radius 2 is 2.00 bits per heavy atom. The molecule has 0 amide bonds. The molecule has 1 aliphatic rings. The van der Waals surface area contributed by atoms with Crippen LogP contribution in [0.5, 0.6) is 0 Å². The second-order valence-corrected chi connectivity index (χ2v) is 4.81. The molecular formula is C13H11NS. The van der Waals surface area contributed by atoms with Gasteiger partial charge in [-0.25, -0.2) is 0 Å². The van der Waals surface area contributed by atoms with Gasteiger partial charge in [0, 0.05) is 4.90 Å². The highest BCUT2D eigenvalue weighted by atomic mass is 32.2. The van der Waals surface area contributed by atoms with Crippen LogP contribution in [0, 0.1) is 11.3 Å². The van der Waals surface area contributed by atoms with E-state index in [9.17, 15) is 5.26 Å². The molecule has 0 spiro atoms. The highest BCUT2D eigenvalue weighted by Gasteiger charge is 2.27. The van der Waals surface area contributed by atoms with Crippen molar-refractivity contribution in [2.75, 3.05) is 0 Å². The van der Waals surface area contributed by atoms with E-state index in [2.05, 4.69) is 6.07 Å². The normalized spacial score (nSPS) is 23.7. The van der Waals surface area contributed by atoms with Crippen LogP contribution in [0.1, 0.15) is 6.42 Å². The van der Waals surface area contributed by atoms with Gasteiger partial charge in [0.15, 0.2) is 0 Å². The van der Waals surface area contributed by atoms with E-state index in [4.69, 9.17) is 0 Å². The van der Waals surface area contributed by atoms with Crippen molar-refractivity contribution in [3.63, 3.8) is 0 Å². The number of nitriles is 1. The number of benzene rings is 1. The molecule has 0 saturated carbocycles. The largest absolute Gasteiger partial charge is 0.196 e. The van der Waals surface area contributed by atoms with Crippen LogP contribution in [0.4, 0.5) is 0 Å². The summed E-state index contributed by atoms with van der Waals surface area (Å²) in [6.45, 7) is 0. The molecule has 0 radical (unpaired) electrons. The molecule has 0 fully saturated rings. The number of rotatable bonds is 2. The molecule has 2 rings (SSSR count). The van der Waals surface area contributed by atoms with Crippen molar-refractivity contribution in [3.8, 4) is 6.07 Å². The maximum absolute atomic E-state index is 9.25. The molecular weight excluding hydrogens is 202 g/mol. The van der Waals surface area contributed by atoms with Crippen molar-refractivity contribution in [1.29, 1.82) is 5.26 Å². The monoisotopic (exact) mass is 213 g/mol. The molecule has 15 heavy (non-hydrogen) atoms. The van der Waals surface area contributed by atoms with Crippen molar-refractivity contribution >= 4 is 11.8 Å². The zero-order chi connectivity index (χ0) is 10.6. The van der Waals surface area contributed by atoms with Gasteiger partial charge in [0.25, 0.3) is 0 Å². The van der Waals surface area contributed by atoms with E-state index in [-0.39, 0.29) is 0 Å². The van der Waals surface area contributed by atoms with E-state index in [1.807, 2.05) is 54.6 Å². The Bertz CT molecular complexity index is 428. The van der Waals surface area contributed by atoms with Crippen LogP contribution in [-0.4, -0.2) is 4.75 Å². The highest BCUT2D eigenvalue weighted by molar-refractivity contribution is 8.01. The Labute approximate surface area is 94.1 Å². The minimum atomic E-state index is -0.421. The first-order valence-electron chi connectivity index (χ1n) is 4.84. The predicted octanol–water partition coefficient (Wildman–Crippen LogP) is 3.56. The molecule has 2 heteroatoms. The van der Waals surface area contributed by atoms with E-state index in [1.54, 1.807) is 11.8 Å². The van der Waals surface area contributed by atoms with Crippen LogP contribution in [-0.2, 0) is 0 Å². The quantitative estimate of drug-likeness (QED) is 0.750. The van der Waals surface area contributed by atoms with Gasteiger partial charge in [-0.15, -0.1) is 0 Å². The SMILES string of the molecule is N#CC1(Sc2ccccc2)C=CC=CC1. The zero-order valence-electron chi connectivity index (χ0n) is 8.26. The lowest BCUT2D eigenvalue weighted by Gasteiger charge is -2.22. The summed E-state index contributed by atoms with van der Waals surface area (Å²) in [6, 6.07) is 12.4. The maximum atomic E-state index is 9.25. The molecule has 74 valence electrons. The summed E-state index contributed by atoms with van der Waals surface area (Å²) in [5.74, 6) is 0. The lowest BCUT2D eigenvalue weighted by molar-refractivity contribution is 0.894. The molecule has 0 bridgehead atoms. The Balaban J connectivity index is 2.20. The smallest absolute Gasteiger partial charge is 0.129 e. The Morgan fingerprint density at radius 3 is 2.60 bits per heavy atom. The summed E-state index contributed by atoms with van der Waals surface area (Å²) in [6.07, 6.45) is 8.73. The third-order valence-corrected chi connectivity index (χ3v) is 3.53. The predicted molar refractivity (Wildman–Crippen MR) is 63.5 cm³/mol. The van der Waals surface area contributed by atoms with Crippen LogP contribution in [0.3, 0.4) is 0 Å². The molecule has 0 aromatic heterocycles. The Morgan fingerprint density at radius 1 is 1.20 bits per heavy atom. The minimum absolute atomic E-state index is 0.421. The van der Waals surface area contributed by atoms with Gasteiger partial charge < -0.3 is 0 Å². The van der Waals surface area contributed by atoms with Gasteiger partial charge >= 0.3 is 0 Å². The van der Waals surface area contributed by atoms with Gasteiger partial charge in [-0.05, 0) is 18.6 Å². The fourth-order valence-electron chi connectivity index (χ4n) is 1.48.